The van der Waals surface area contributed by atoms with E-state index in [2.05, 4.69) is 53.4 Å². The maximum Gasteiger partial charge on any atom is 0.155 e. The van der Waals surface area contributed by atoms with Gasteiger partial charge in [0.25, 0.3) is 0 Å². The Bertz CT molecular complexity index is 1260. The summed E-state index contributed by atoms with van der Waals surface area (Å²) in [5.74, 6) is 0.956. The largest absolute Gasteiger partial charge is 0.378 e. The zero-order chi connectivity index (χ0) is 21.8. The molecule has 1 saturated heterocycles. The van der Waals surface area contributed by atoms with Crippen molar-refractivity contribution in [1.29, 1.82) is 0 Å². The van der Waals surface area contributed by atoms with E-state index >= 15 is 0 Å². The summed E-state index contributed by atoms with van der Waals surface area (Å²) in [5.41, 5.74) is 6.88. The van der Waals surface area contributed by atoms with Crippen molar-refractivity contribution in [1.82, 2.24) is 29.9 Å². The molecule has 168 valence electrons. The molecular weight excluding hydrogens is 420 g/mol. The van der Waals surface area contributed by atoms with Crippen LogP contribution in [0.3, 0.4) is 0 Å². The van der Waals surface area contributed by atoms with Crippen LogP contribution in [0, 0.1) is 6.92 Å². The van der Waals surface area contributed by atoms with E-state index in [0.29, 0.717) is 23.9 Å². The van der Waals surface area contributed by atoms with Gasteiger partial charge in [0.05, 0.1) is 30.0 Å². The number of nitrogens with one attached hydrogen (secondary N) is 2. The number of aryl methyl sites for hydroxylation is 1. The summed E-state index contributed by atoms with van der Waals surface area (Å²) in [6.07, 6.45) is 8.58. The second-order valence-corrected chi connectivity index (χ2v) is 10.7. The third-order valence-corrected chi connectivity index (χ3v) is 8.20. The quantitative estimate of drug-likeness (QED) is 0.457. The maximum atomic E-state index is 5.31. The fourth-order valence-electron chi connectivity index (χ4n) is 5.24. The average molecular weight is 451 g/mol. The van der Waals surface area contributed by atoms with Gasteiger partial charge in [0.1, 0.15) is 16.7 Å². The molecule has 0 spiro atoms. The van der Waals surface area contributed by atoms with E-state index in [-0.39, 0.29) is 0 Å². The first-order valence-corrected chi connectivity index (χ1v) is 12.5. The highest BCUT2D eigenvalue weighted by molar-refractivity contribution is 7.18. The van der Waals surface area contributed by atoms with E-state index in [9.17, 15) is 0 Å². The molecule has 8 heteroatoms. The fourth-order valence-corrected chi connectivity index (χ4v) is 6.40. The lowest BCUT2D eigenvalue weighted by atomic mass is 9.86. The second kappa shape index (κ2) is 7.93. The van der Waals surface area contributed by atoms with Crippen molar-refractivity contribution < 1.29 is 4.74 Å². The van der Waals surface area contributed by atoms with Crippen LogP contribution < -0.4 is 5.32 Å². The highest BCUT2D eigenvalue weighted by Crippen LogP contribution is 2.42. The van der Waals surface area contributed by atoms with Gasteiger partial charge in [-0.25, -0.2) is 14.5 Å². The van der Waals surface area contributed by atoms with E-state index in [0.717, 1.165) is 24.4 Å². The molecule has 5 heterocycles. The molecule has 32 heavy (non-hydrogen) atoms. The van der Waals surface area contributed by atoms with Gasteiger partial charge in [-0.1, -0.05) is 13.8 Å². The summed E-state index contributed by atoms with van der Waals surface area (Å²) in [4.78, 5) is 14.5. The Kier molecular flexibility index (Phi) is 5.04. The number of aromatic nitrogens is 5. The van der Waals surface area contributed by atoms with E-state index in [1.807, 2.05) is 15.9 Å². The van der Waals surface area contributed by atoms with Crippen molar-refractivity contribution in [3.63, 3.8) is 0 Å². The van der Waals surface area contributed by atoms with Gasteiger partial charge in [-0.05, 0) is 50.2 Å². The van der Waals surface area contributed by atoms with E-state index in [1.54, 1.807) is 6.33 Å². The summed E-state index contributed by atoms with van der Waals surface area (Å²) in [7, 11) is 0. The van der Waals surface area contributed by atoms with Crippen molar-refractivity contribution in [2.45, 2.75) is 70.4 Å². The van der Waals surface area contributed by atoms with Crippen molar-refractivity contribution in [2.24, 2.45) is 0 Å². The molecule has 2 N–H and O–H groups in total. The normalized spacial score (nSPS) is 22.2. The summed E-state index contributed by atoms with van der Waals surface area (Å²) in [5, 5.41) is 9.39. The van der Waals surface area contributed by atoms with Crippen molar-refractivity contribution >= 4 is 27.3 Å². The monoisotopic (exact) mass is 450 g/mol. The lowest BCUT2D eigenvalue weighted by Crippen LogP contribution is -2.51. The number of ether oxygens (including phenoxy) is 1. The molecule has 1 saturated carbocycles. The molecular formula is C24H30N6OS. The van der Waals surface area contributed by atoms with Gasteiger partial charge in [0.2, 0.25) is 0 Å². The van der Waals surface area contributed by atoms with Crippen LogP contribution >= 0.6 is 11.3 Å². The minimum atomic E-state index is 0.379. The Balaban J connectivity index is 1.30. The molecule has 4 aromatic rings. The number of fused-ring (bicyclic) bond motifs is 2. The Morgan fingerprint density at radius 2 is 2.00 bits per heavy atom. The van der Waals surface area contributed by atoms with E-state index in [4.69, 9.17) is 9.72 Å². The number of hydrogen-bond donors (Lipinski definition) is 2. The molecule has 6 rings (SSSR count). The first-order valence-electron chi connectivity index (χ1n) is 11.7. The lowest BCUT2D eigenvalue weighted by Gasteiger charge is -2.35. The van der Waals surface area contributed by atoms with Crippen LogP contribution in [0.1, 0.15) is 67.5 Å². The van der Waals surface area contributed by atoms with Crippen LogP contribution in [-0.2, 0) is 4.74 Å². The number of thiazole rings is 1. The van der Waals surface area contributed by atoms with Crippen LogP contribution in [0.15, 0.2) is 18.6 Å². The Morgan fingerprint density at radius 1 is 1.19 bits per heavy atom. The van der Waals surface area contributed by atoms with Gasteiger partial charge < -0.3 is 15.0 Å². The number of nitrogens with zero attached hydrogens (tertiary/aromatic N) is 4. The predicted octanol–water partition coefficient (Wildman–Crippen LogP) is 4.78. The molecule has 2 aliphatic rings. The fraction of sp³-hybridized carbons (Fsp3) is 0.542. The third-order valence-electron chi connectivity index (χ3n) is 7.06. The number of hydrogen-bond acceptors (Lipinski definition) is 6. The smallest absolute Gasteiger partial charge is 0.155 e. The van der Waals surface area contributed by atoms with Gasteiger partial charge in [0, 0.05) is 29.3 Å². The molecule has 1 aliphatic carbocycles. The molecule has 1 aliphatic heterocycles. The highest BCUT2D eigenvalue weighted by atomic mass is 32.1. The molecule has 0 amide bonds. The molecule has 0 aromatic carbocycles. The molecule has 7 nitrogen and oxygen atoms in total. The van der Waals surface area contributed by atoms with Gasteiger partial charge in [-0.15, -0.1) is 11.3 Å². The van der Waals surface area contributed by atoms with Crippen LogP contribution in [0.25, 0.3) is 27.3 Å². The average Bonchev–Trinajstić information content (AvgIpc) is 3.44. The van der Waals surface area contributed by atoms with Crippen LogP contribution in [0.4, 0.5) is 0 Å². The number of H-pyrrole nitrogens is 1. The molecule has 0 atom stereocenters. The van der Waals surface area contributed by atoms with E-state index in [1.165, 1.54) is 57.9 Å². The van der Waals surface area contributed by atoms with Crippen LogP contribution in [0.2, 0.25) is 0 Å². The van der Waals surface area contributed by atoms with Gasteiger partial charge >= 0.3 is 0 Å². The Hall–Kier alpha value is -2.29. The van der Waals surface area contributed by atoms with Crippen molar-refractivity contribution in [3.05, 3.63) is 34.7 Å². The van der Waals surface area contributed by atoms with Crippen LogP contribution in [0.5, 0.6) is 0 Å². The minimum Gasteiger partial charge on any atom is -0.378 e. The number of rotatable bonds is 5. The Labute approximate surface area is 191 Å². The molecule has 2 fully saturated rings. The van der Waals surface area contributed by atoms with Crippen molar-refractivity contribution in [3.8, 4) is 11.3 Å². The van der Waals surface area contributed by atoms with Gasteiger partial charge in [-0.3, -0.25) is 0 Å². The number of pyridine rings is 1. The molecule has 0 bridgehead atoms. The minimum absolute atomic E-state index is 0.379. The molecule has 0 radical (unpaired) electrons. The predicted molar refractivity (Wildman–Crippen MR) is 128 cm³/mol. The zero-order valence-electron chi connectivity index (χ0n) is 18.9. The standard InChI is InChI=1S/C24H30N6OS/c1-13(2)20-21(18-9-30-19(8-14(18)3)25-12-26-30)28-24-22(20)29-23(32-24)15-4-6-16(7-5-15)27-17-10-31-11-17/h8-9,12-13,15-17,27-28H,4-7,10-11H2,1-3H3. The van der Waals surface area contributed by atoms with Gasteiger partial charge in [0.15, 0.2) is 5.65 Å². The molecule has 0 unspecified atom stereocenters. The zero-order valence-corrected chi connectivity index (χ0v) is 19.7. The topological polar surface area (TPSA) is 80.1 Å². The highest BCUT2D eigenvalue weighted by Gasteiger charge is 2.29. The maximum absolute atomic E-state index is 5.31. The van der Waals surface area contributed by atoms with Gasteiger partial charge in [-0.2, -0.15) is 5.10 Å². The lowest BCUT2D eigenvalue weighted by molar-refractivity contribution is -0.0121. The summed E-state index contributed by atoms with van der Waals surface area (Å²) >= 11 is 1.85. The SMILES string of the molecule is Cc1cc2ncnn2cc1-c1[nH]c2sc(C3CCC(NC4COC4)CC3)nc2c1C(C)C. The third kappa shape index (κ3) is 3.45. The second-order valence-electron chi connectivity index (χ2n) is 9.68. The Morgan fingerprint density at radius 3 is 2.72 bits per heavy atom. The summed E-state index contributed by atoms with van der Waals surface area (Å²) in [6.45, 7) is 8.41. The summed E-state index contributed by atoms with van der Waals surface area (Å²) < 4.78 is 7.16. The van der Waals surface area contributed by atoms with E-state index < -0.39 is 0 Å². The first-order chi connectivity index (χ1) is 15.6. The van der Waals surface area contributed by atoms with Crippen molar-refractivity contribution in [2.75, 3.05) is 13.2 Å². The molecule has 4 aromatic heterocycles. The number of aromatic amines is 1. The first kappa shape index (κ1) is 20.3. The van der Waals surface area contributed by atoms with Crippen LogP contribution in [-0.4, -0.2) is 49.9 Å². The summed E-state index contributed by atoms with van der Waals surface area (Å²) in [6, 6.07) is 3.31.